The molecule has 0 saturated heterocycles. The van der Waals surface area contributed by atoms with Crippen molar-refractivity contribution in [3.8, 4) is 0 Å². The van der Waals surface area contributed by atoms with Gasteiger partial charge in [0, 0.05) is 30.0 Å². The minimum Gasteiger partial charge on any atom is -0.466 e. The van der Waals surface area contributed by atoms with Crippen molar-refractivity contribution in [2.75, 3.05) is 0 Å². The van der Waals surface area contributed by atoms with E-state index in [0.717, 1.165) is 22.9 Å². The van der Waals surface area contributed by atoms with Crippen molar-refractivity contribution >= 4 is 0 Å². The van der Waals surface area contributed by atoms with Crippen molar-refractivity contribution in [2.45, 2.75) is 46.7 Å². The fourth-order valence-corrected chi connectivity index (χ4v) is 2.47. The van der Waals surface area contributed by atoms with Crippen LogP contribution in [0.25, 0.3) is 0 Å². The highest BCUT2D eigenvalue weighted by atomic mass is 16.3. The number of nitrogens with one attached hydrogen (secondary N) is 1. The molecule has 2 heterocycles. The van der Waals surface area contributed by atoms with E-state index < -0.39 is 0 Å². The van der Waals surface area contributed by atoms with Gasteiger partial charge in [-0.15, -0.1) is 0 Å². The molecule has 0 bridgehead atoms. The van der Waals surface area contributed by atoms with E-state index in [1.54, 1.807) is 12.4 Å². The molecule has 2 atom stereocenters. The van der Waals surface area contributed by atoms with E-state index in [1.807, 2.05) is 20.8 Å². The smallest absolute Gasteiger partial charge is 0.105 e. The summed E-state index contributed by atoms with van der Waals surface area (Å²) < 4.78 is 5.58. The molecule has 2 unspecified atom stereocenters. The van der Waals surface area contributed by atoms with Gasteiger partial charge in [-0.1, -0.05) is 0 Å². The molecule has 2 aromatic heterocycles. The lowest BCUT2D eigenvalue weighted by atomic mass is 10.1. The fraction of sp³-hybridized carbons (Fsp3) is 0.467. The molecular formula is C15H21N3O. The Balaban J connectivity index is 2.13. The van der Waals surface area contributed by atoms with Gasteiger partial charge in [0.25, 0.3) is 0 Å². The molecule has 2 aromatic rings. The predicted molar refractivity (Wildman–Crippen MR) is 74.9 cm³/mol. The molecule has 0 aromatic carbocycles. The van der Waals surface area contributed by atoms with Crippen molar-refractivity contribution in [1.82, 2.24) is 15.3 Å². The average molecular weight is 259 g/mol. The molecule has 0 spiro atoms. The monoisotopic (exact) mass is 259 g/mol. The Kier molecular flexibility index (Phi) is 4.00. The van der Waals surface area contributed by atoms with Crippen LogP contribution in [0.15, 0.2) is 22.9 Å². The minimum absolute atomic E-state index is 0.151. The van der Waals surface area contributed by atoms with E-state index >= 15 is 0 Å². The van der Waals surface area contributed by atoms with Crippen molar-refractivity contribution in [1.29, 1.82) is 0 Å². The zero-order valence-electron chi connectivity index (χ0n) is 12.2. The average Bonchev–Trinajstić information content (AvgIpc) is 2.69. The van der Waals surface area contributed by atoms with Crippen LogP contribution < -0.4 is 5.32 Å². The standard InChI is InChI=1S/C15H21N3O/c1-9-8-14(13(5)19-9)10(2)18-12(4)15-11(3)16-6-7-17-15/h6-8,10,12,18H,1-5H3. The second kappa shape index (κ2) is 5.53. The van der Waals surface area contributed by atoms with Crippen LogP contribution in [0, 0.1) is 20.8 Å². The summed E-state index contributed by atoms with van der Waals surface area (Å²) in [5.41, 5.74) is 3.16. The third-order valence-corrected chi connectivity index (χ3v) is 3.38. The highest BCUT2D eigenvalue weighted by Gasteiger charge is 2.17. The maximum absolute atomic E-state index is 5.58. The second-order valence-corrected chi connectivity index (χ2v) is 5.01. The van der Waals surface area contributed by atoms with Crippen LogP contribution in [0.2, 0.25) is 0 Å². The number of aryl methyl sites for hydroxylation is 3. The predicted octanol–water partition coefficient (Wildman–Crippen LogP) is 3.41. The Morgan fingerprint density at radius 2 is 1.74 bits per heavy atom. The molecule has 0 radical (unpaired) electrons. The summed E-state index contributed by atoms with van der Waals surface area (Å²) in [6.45, 7) is 10.2. The molecule has 102 valence electrons. The summed E-state index contributed by atoms with van der Waals surface area (Å²) in [5, 5.41) is 3.54. The van der Waals surface area contributed by atoms with Gasteiger partial charge >= 0.3 is 0 Å². The molecule has 0 fully saturated rings. The number of hydrogen-bond acceptors (Lipinski definition) is 4. The van der Waals surface area contributed by atoms with Crippen LogP contribution in [0.5, 0.6) is 0 Å². The van der Waals surface area contributed by atoms with Gasteiger partial charge in [0.2, 0.25) is 0 Å². The third kappa shape index (κ3) is 3.01. The van der Waals surface area contributed by atoms with Gasteiger partial charge in [-0.25, -0.2) is 0 Å². The summed E-state index contributed by atoms with van der Waals surface area (Å²) in [7, 11) is 0. The molecule has 0 aliphatic heterocycles. The molecule has 0 amide bonds. The van der Waals surface area contributed by atoms with Crippen molar-refractivity contribution in [2.24, 2.45) is 0 Å². The maximum atomic E-state index is 5.58. The summed E-state index contributed by atoms with van der Waals surface area (Å²) in [6.07, 6.45) is 3.46. The first-order chi connectivity index (χ1) is 8.99. The van der Waals surface area contributed by atoms with Gasteiger partial charge in [0.15, 0.2) is 0 Å². The van der Waals surface area contributed by atoms with Crippen LogP contribution >= 0.6 is 0 Å². The highest BCUT2D eigenvalue weighted by molar-refractivity contribution is 5.24. The molecule has 4 heteroatoms. The zero-order chi connectivity index (χ0) is 14.0. The summed E-state index contributed by atoms with van der Waals surface area (Å²) in [4.78, 5) is 8.68. The Morgan fingerprint density at radius 1 is 1.05 bits per heavy atom. The number of hydrogen-bond donors (Lipinski definition) is 1. The lowest BCUT2D eigenvalue weighted by Crippen LogP contribution is -2.24. The molecule has 0 aliphatic rings. The SMILES string of the molecule is Cc1cc(C(C)NC(C)c2nccnc2C)c(C)o1. The van der Waals surface area contributed by atoms with Crippen molar-refractivity contribution in [3.05, 3.63) is 46.9 Å². The van der Waals surface area contributed by atoms with Crippen molar-refractivity contribution in [3.63, 3.8) is 0 Å². The highest BCUT2D eigenvalue weighted by Crippen LogP contribution is 2.24. The third-order valence-electron chi connectivity index (χ3n) is 3.38. The van der Waals surface area contributed by atoms with Gasteiger partial charge in [-0.05, 0) is 40.7 Å². The Hall–Kier alpha value is -1.68. The van der Waals surface area contributed by atoms with E-state index in [1.165, 1.54) is 5.56 Å². The Bertz CT molecular complexity index is 562. The molecule has 0 aliphatic carbocycles. The number of furan rings is 1. The maximum Gasteiger partial charge on any atom is 0.105 e. The topological polar surface area (TPSA) is 51.0 Å². The van der Waals surface area contributed by atoms with Gasteiger partial charge in [-0.3, -0.25) is 9.97 Å². The summed E-state index contributed by atoms with van der Waals surface area (Å²) in [5.74, 6) is 1.92. The van der Waals surface area contributed by atoms with Crippen LogP contribution in [-0.4, -0.2) is 9.97 Å². The van der Waals surface area contributed by atoms with E-state index in [9.17, 15) is 0 Å². The van der Waals surface area contributed by atoms with Crippen LogP contribution in [0.1, 0.15) is 54.4 Å². The van der Waals surface area contributed by atoms with Crippen LogP contribution in [-0.2, 0) is 0 Å². The summed E-state index contributed by atoms with van der Waals surface area (Å²) >= 11 is 0. The first kappa shape index (κ1) is 13.7. The first-order valence-electron chi connectivity index (χ1n) is 6.59. The lowest BCUT2D eigenvalue weighted by Gasteiger charge is -2.20. The Morgan fingerprint density at radius 3 is 2.32 bits per heavy atom. The van der Waals surface area contributed by atoms with Crippen LogP contribution in [0.3, 0.4) is 0 Å². The van der Waals surface area contributed by atoms with Gasteiger partial charge in [-0.2, -0.15) is 0 Å². The summed E-state index contributed by atoms with van der Waals surface area (Å²) in [6, 6.07) is 2.45. The number of rotatable bonds is 4. The fourth-order valence-electron chi connectivity index (χ4n) is 2.47. The molecule has 4 nitrogen and oxygen atoms in total. The Labute approximate surface area is 114 Å². The number of nitrogens with zero attached hydrogens (tertiary/aromatic N) is 2. The van der Waals surface area contributed by atoms with E-state index in [0.29, 0.717) is 0 Å². The quantitative estimate of drug-likeness (QED) is 0.914. The minimum atomic E-state index is 0.151. The van der Waals surface area contributed by atoms with Gasteiger partial charge in [0.1, 0.15) is 11.5 Å². The van der Waals surface area contributed by atoms with Crippen molar-refractivity contribution < 1.29 is 4.42 Å². The molecule has 0 saturated carbocycles. The van der Waals surface area contributed by atoms with E-state index in [4.69, 9.17) is 4.42 Å². The van der Waals surface area contributed by atoms with E-state index in [-0.39, 0.29) is 12.1 Å². The van der Waals surface area contributed by atoms with Crippen LogP contribution in [0.4, 0.5) is 0 Å². The second-order valence-electron chi connectivity index (χ2n) is 5.01. The zero-order valence-corrected chi connectivity index (χ0v) is 12.2. The first-order valence-corrected chi connectivity index (χ1v) is 6.59. The molecular weight excluding hydrogens is 238 g/mol. The largest absolute Gasteiger partial charge is 0.466 e. The lowest BCUT2D eigenvalue weighted by molar-refractivity contribution is 0.462. The van der Waals surface area contributed by atoms with E-state index in [2.05, 4.69) is 35.2 Å². The molecule has 19 heavy (non-hydrogen) atoms. The van der Waals surface area contributed by atoms with Gasteiger partial charge < -0.3 is 9.73 Å². The number of aromatic nitrogens is 2. The molecule has 1 N–H and O–H groups in total. The normalized spacial score (nSPS) is 14.4. The van der Waals surface area contributed by atoms with Gasteiger partial charge in [0.05, 0.1) is 11.4 Å². The molecule has 2 rings (SSSR count).